The molecule has 140 valence electrons. The van der Waals surface area contributed by atoms with Gasteiger partial charge in [-0.3, -0.25) is 10.1 Å². The summed E-state index contributed by atoms with van der Waals surface area (Å²) in [5.41, 5.74) is 2.61. The lowest BCUT2D eigenvalue weighted by molar-refractivity contribution is -0.385. The van der Waals surface area contributed by atoms with E-state index >= 15 is 0 Å². The lowest BCUT2D eigenvalue weighted by Crippen LogP contribution is -2.04. The van der Waals surface area contributed by atoms with Crippen LogP contribution in [0, 0.1) is 24.0 Å². The Kier molecular flexibility index (Phi) is 5.35. The van der Waals surface area contributed by atoms with Gasteiger partial charge >= 0.3 is 5.69 Å². The number of hydrogen-bond acceptors (Lipinski definition) is 6. The Balaban J connectivity index is 1.81. The van der Waals surface area contributed by atoms with Gasteiger partial charge in [0.1, 0.15) is 11.6 Å². The highest BCUT2D eigenvalue weighted by Gasteiger charge is 2.15. The van der Waals surface area contributed by atoms with Gasteiger partial charge in [0, 0.05) is 23.5 Å². The second-order valence-electron chi connectivity index (χ2n) is 6.06. The van der Waals surface area contributed by atoms with Crippen LogP contribution >= 0.6 is 0 Å². The smallest absolute Gasteiger partial charge is 0.311 e. The number of anilines is 2. The van der Waals surface area contributed by atoms with Gasteiger partial charge in [0.25, 0.3) is 0 Å². The van der Waals surface area contributed by atoms with Crippen molar-refractivity contribution in [3.05, 3.63) is 69.8 Å². The molecule has 0 aliphatic heterocycles. The second kappa shape index (κ2) is 7.86. The molecule has 0 fully saturated rings. The highest BCUT2D eigenvalue weighted by Crippen LogP contribution is 2.31. The number of aromatic nitrogens is 3. The van der Waals surface area contributed by atoms with Crippen LogP contribution in [0.5, 0.6) is 5.75 Å². The molecule has 0 saturated heterocycles. The van der Waals surface area contributed by atoms with Crippen molar-refractivity contribution < 1.29 is 9.66 Å². The van der Waals surface area contributed by atoms with E-state index < -0.39 is 4.92 Å². The van der Waals surface area contributed by atoms with Crippen LogP contribution in [0.25, 0.3) is 0 Å². The SMILES string of the molecule is CCOc1cc(Nc2cccc(Cn3nc(C)nc3C)c2)ccc1[N+](=O)[O-]. The number of nitro groups is 1. The van der Waals surface area contributed by atoms with Gasteiger partial charge in [-0.1, -0.05) is 12.1 Å². The molecule has 3 rings (SSSR count). The van der Waals surface area contributed by atoms with Crippen LogP contribution in [0.3, 0.4) is 0 Å². The van der Waals surface area contributed by atoms with Gasteiger partial charge in [0.2, 0.25) is 0 Å². The summed E-state index contributed by atoms with van der Waals surface area (Å²) < 4.78 is 7.25. The van der Waals surface area contributed by atoms with Crippen molar-refractivity contribution in [3.63, 3.8) is 0 Å². The molecule has 0 aliphatic carbocycles. The first-order valence-corrected chi connectivity index (χ1v) is 8.61. The molecule has 1 N–H and O–H groups in total. The lowest BCUT2D eigenvalue weighted by Gasteiger charge is -2.11. The Bertz CT molecular complexity index is 968. The first-order chi connectivity index (χ1) is 13.0. The van der Waals surface area contributed by atoms with Gasteiger partial charge in [-0.2, -0.15) is 5.10 Å². The molecule has 0 unspecified atom stereocenters. The van der Waals surface area contributed by atoms with E-state index in [0.717, 1.165) is 22.9 Å². The number of nitrogens with one attached hydrogen (secondary N) is 1. The summed E-state index contributed by atoms with van der Waals surface area (Å²) in [5.74, 6) is 1.86. The van der Waals surface area contributed by atoms with E-state index in [0.29, 0.717) is 18.8 Å². The maximum absolute atomic E-state index is 11.1. The predicted molar refractivity (Wildman–Crippen MR) is 103 cm³/mol. The van der Waals surface area contributed by atoms with Crippen molar-refractivity contribution in [2.24, 2.45) is 0 Å². The maximum Gasteiger partial charge on any atom is 0.311 e. The summed E-state index contributed by atoms with van der Waals surface area (Å²) in [6.45, 7) is 6.56. The molecule has 2 aromatic carbocycles. The van der Waals surface area contributed by atoms with E-state index in [1.54, 1.807) is 19.1 Å². The number of nitro benzene ring substituents is 1. The summed E-state index contributed by atoms with van der Waals surface area (Å²) in [6.07, 6.45) is 0. The van der Waals surface area contributed by atoms with Gasteiger partial charge in [-0.15, -0.1) is 0 Å². The highest BCUT2D eigenvalue weighted by atomic mass is 16.6. The van der Waals surface area contributed by atoms with Crippen molar-refractivity contribution in [2.75, 3.05) is 11.9 Å². The Morgan fingerprint density at radius 3 is 2.63 bits per heavy atom. The summed E-state index contributed by atoms with van der Waals surface area (Å²) >= 11 is 0. The monoisotopic (exact) mass is 367 g/mol. The zero-order valence-corrected chi connectivity index (χ0v) is 15.5. The molecule has 0 aliphatic rings. The normalized spacial score (nSPS) is 10.6. The van der Waals surface area contributed by atoms with Gasteiger partial charge in [0.05, 0.1) is 18.1 Å². The van der Waals surface area contributed by atoms with Crippen LogP contribution in [0.1, 0.15) is 24.1 Å². The average Bonchev–Trinajstić information content (AvgIpc) is 2.92. The number of hydrogen-bond donors (Lipinski definition) is 1. The topological polar surface area (TPSA) is 95.1 Å². The van der Waals surface area contributed by atoms with E-state index in [1.807, 2.05) is 42.8 Å². The molecule has 0 bridgehead atoms. The lowest BCUT2D eigenvalue weighted by atomic mass is 10.2. The molecular formula is C19H21N5O3. The van der Waals surface area contributed by atoms with Crippen molar-refractivity contribution in [1.82, 2.24) is 14.8 Å². The van der Waals surface area contributed by atoms with Crippen LogP contribution < -0.4 is 10.1 Å². The minimum absolute atomic E-state index is 0.0480. The predicted octanol–water partition coefficient (Wildman–Crippen LogP) is 3.99. The molecule has 8 heteroatoms. The van der Waals surface area contributed by atoms with Gasteiger partial charge in [-0.05, 0) is 44.5 Å². The van der Waals surface area contributed by atoms with Gasteiger partial charge in [0.15, 0.2) is 5.75 Å². The van der Waals surface area contributed by atoms with Crippen molar-refractivity contribution in [1.29, 1.82) is 0 Å². The van der Waals surface area contributed by atoms with E-state index in [2.05, 4.69) is 15.4 Å². The van der Waals surface area contributed by atoms with Gasteiger partial charge in [-0.25, -0.2) is 9.67 Å². The molecule has 3 aromatic rings. The van der Waals surface area contributed by atoms with Crippen molar-refractivity contribution in [3.8, 4) is 5.75 Å². The Morgan fingerprint density at radius 1 is 1.19 bits per heavy atom. The van der Waals surface area contributed by atoms with E-state index in [4.69, 9.17) is 4.74 Å². The fourth-order valence-corrected chi connectivity index (χ4v) is 2.81. The van der Waals surface area contributed by atoms with Crippen LogP contribution in [0.4, 0.5) is 17.1 Å². The highest BCUT2D eigenvalue weighted by molar-refractivity contribution is 5.65. The summed E-state index contributed by atoms with van der Waals surface area (Å²) in [7, 11) is 0. The summed E-state index contributed by atoms with van der Waals surface area (Å²) in [6, 6.07) is 12.7. The molecule has 0 amide bonds. The maximum atomic E-state index is 11.1. The fourth-order valence-electron chi connectivity index (χ4n) is 2.81. The van der Waals surface area contributed by atoms with Crippen molar-refractivity contribution >= 4 is 17.1 Å². The number of ether oxygens (including phenoxy) is 1. The largest absolute Gasteiger partial charge is 0.487 e. The molecule has 0 atom stereocenters. The Hall–Kier alpha value is -3.42. The third-order valence-electron chi connectivity index (χ3n) is 3.97. The third kappa shape index (κ3) is 4.41. The summed E-state index contributed by atoms with van der Waals surface area (Å²) in [5, 5.41) is 18.8. The standard InChI is InChI=1S/C19H21N5O3/c1-4-27-19-11-17(8-9-18(19)24(25)26)21-16-7-5-6-15(10-16)12-23-14(3)20-13(2)22-23/h5-11,21H,4,12H2,1-3H3. The summed E-state index contributed by atoms with van der Waals surface area (Å²) in [4.78, 5) is 15.0. The number of aryl methyl sites for hydroxylation is 2. The molecule has 1 aromatic heterocycles. The molecule has 27 heavy (non-hydrogen) atoms. The van der Waals surface area contributed by atoms with Crippen molar-refractivity contribution in [2.45, 2.75) is 27.3 Å². The molecule has 0 radical (unpaired) electrons. The zero-order valence-electron chi connectivity index (χ0n) is 15.5. The number of rotatable bonds is 7. The molecule has 8 nitrogen and oxygen atoms in total. The number of benzene rings is 2. The van der Waals surface area contributed by atoms with E-state index in [1.165, 1.54) is 6.07 Å². The average molecular weight is 367 g/mol. The van der Waals surface area contributed by atoms with E-state index in [-0.39, 0.29) is 11.4 Å². The molecule has 1 heterocycles. The third-order valence-corrected chi connectivity index (χ3v) is 3.97. The fraction of sp³-hybridized carbons (Fsp3) is 0.263. The van der Waals surface area contributed by atoms with Crippen LogP contribution in [0.15, 0.2) is 42.5 Å². The number of nitrogens with zero attached hydrogens (tertiary/aromatic N) is 4. The first kappa shape index (κ1) is 18.4. The van der Waals surface area contributed by atoms with Crippen LogP contribution in [-0.4, -0.2) is 26.3 Å². The minimum atomic E-state index is -0.447. The Morgan fingerprint density at radius 2 is 1.96 bits per heavy atom. The van der Waals surface area contributed by atoms with E-state index in [9.17, 15) is 10.1 Å². The Labute approximate surface area is 157 Å². The zero-order chi connectivity index (χ0) is 19.4. The second-order valence-corrected chi connectivity index (χ2v) is 6.06. The molecular weight excluding hydrogens is 346 g/mol. The van der Waals surface area contributed by atoms with Crippen LogP contribution in [-0.2, 0) is 6.54 Å². The van der Waals surface area contributed by atoms with Crippen LogP contribution in [0.2, 0.25) is 0 Å². The molecule has 0 spiro atoms. The molecule has 0 saturated carbocycles. The quantitative estimate of drug-likeness (QED) is 0.501. The first-order valence-electron chi connectivity index (χ1n) is 8.61. The minimum Gasteiger partial charge on any atom is -0.487 e. The van der Waals surface area contributed by atoms with Gasteiger partial charge < -0.3 is 10.1 Å².